The first-order valence-electron chi connectivity index (χ1n) is 4.17. The molecule has 0 aromatic heterocycles. The van der Waals surface area contributed by atoms with Gasteiger partial charge >= 0.3 is 0 Å². The first-order chi connectivity index (χ1) is 5.74. The third-order valence-electron chi connectivity index (χ3n) is 2.18. The Morgan fingerprint density at radius 2 is 2.58 bits per heavy atom. The molecule has 0 radical (unpaired) electrons. The monoisotopic (exact) mass is 169 g/mol. The zero-order valence-corrected chi connectivity index (χ0v) is 7.36. The molecular formula is C8H15N3O. The minimum Gasteiger partial charge on any atom is -0.380 e. The molecule has 0 spiro atoms. The van der Waals surface area contributed by atoms with E-state index in [9.17, 15) is 0 Å². The van der Waals surface area contributed by atoms with Crippen LogP contribution in [-0.2, 0) is 4.74 Å². The maximum Gasteiger partial charge on any atom is 0.106 e. The zero-order valence-electron chi connectivity index (χ0n) is 7.36. The van der Waals surface area contributed by atoms with Crippen molar-refractivity contribution in [3.8, 4) is 6.07 Å². The molecule has 1 aliphatic rings. The lowest BCUT2D eigenvalue weighted by atomic mass is 10.2. The highest BCUT2D eigenvalue weighted by Crippen LogP contribution is 2.09. The van der Waals surface area contributed by atoms with Crippen LogP contribution < -0.4 is 5.73 Å². The van der Waals surface area contributed by atoms with Crippen LogP contribution in [0.5, 0.6) is 0 Å². The molecule has 0 bridgehead atoms. The maximum absolute atomic E-state index is 8.49. The van der Waals surface area contributed by atoms with Crippen LogP contribution in [0.2, 0.25) is 0 Å². The summed E-state index contributed by atoms with van der Waals surface area (Å²) in [6.07, 6.45) is 1.05. The topological polar surface area (TPSA) is 62.3 Å². The Hall–Kier alpha value is -0.630. The van der Waals surface area contributed by atoms with Crippen molar-refractivity contribution in [1.29, 1.82) is 5.26 Å². The number of hydrogen-bond donors (Lipinski definition) is 1. The fourth-order valence-electron chi connectivity index (χ4n) is 1.37. The lowest BCUT2D eigenvalue weighted by Gasteiger charge is -2.23. The summed E-state index contributed by atoms with van der Waals surface area (Å²) in [5.74, 6) is 0. The molecule has 1 rings (SSSR count). The van der Waals surface area contributed by atoms with Gasteiger partial charge in [-0.15, -0.1) is 0 Å². The van der Waals surface area contributed by atoms with Gasteiger partial charge in [0.15, 0.2) is 0 Å². The van der Waals surface area contributed by atoms with Crippen LogP contribution in [0.15, 0.2) is 0 Å². The Morgan fingerprint density at radius 3 is 3.08 bits per heavy atom. The quantitative estimate of drug-likeness (QED) is 0.622. The van der Waals surface area contributed by atoms with Gasteiger partial charge in [-0.2, -0.15) is 5.26 Å². The van der Waals surface area contributed by atoms with Crippen molar-refractivity contribution in [3.63, 3.8) is 0 Å². The van der Waals surface area contributed by atoms with Gasteiger partial charge in [-0.05, 0) is 13.5 Å². The molecule has 0 aliphatic carbocycles. The van der Waals surface area contributed by atoms with Crippen LogP contribution in [0.25, 0.3) is 0 Å². The number of hydrogen-bond acceptors (Lipinski definition) is 4. The highest BCUT2D eigenvalue weighted by atomic mass is 16.5. The van der Waals surface area contributed by atoms with E-state index in [1.165, 1.54) is 0 Å². The van der Waals surface area contributed by atoms with Crippen molar-refractivity contribution in [2.75, 3.05) is 26.8 Å². The van der Waals surface area contributed by atoms with Crippen molar-refractivity contribution < 1.29 is 4.74 Å². The summed E-state index contributed by atoms with van der Waals surface area (Å²) in [6, 6.07) is 2.08. The van der Waals surface area contributed by atoms with Gasteiger partial charge in [0.1, 0.15) is 6.04 Å². The van der Waals surface area contributed by atoms with Crippen LogP contribution in [0, 0.1) is 11.3 Å². The Morgan fingerprint density at radius 1 is 1.83 bits per heavy atom. The molecule has 1 heterocycles. The number of nitrogens with two attached hydrogens (primary N) is 1. The van der Waals surface area contributed by atoms with E-state index in [4.69, 9.17) is 15.7 Å². The average molecular weight is 169 g/mol. The highest BCUT2D eigenvalue weighted by molar-refractivity contribution is 4.90. The van der Waals surface area contributed by atoms with Crippen molar-refractivity contribution in [2.45, 2.75) is 18.5 Å². The molecule has 0 saturated carbocycles. The lowest BCUT2D eigenvalue weighted by Crippen LogP contribution is -2.40. The number of nitriles is 1. The molecule has 4 nitrogen and oxygen atoms in total. The summed E-state index contributed by atoms with van der Waals surface area (Å²) in [5.41, 5.74) is 5.50. The van der Waals surface area contributed by atoms with Crippen LogP contribution in [0.1, 0.15) is 6.42 Å². The second-order valence-electron chi connectivity index (χ2n) is 3.19. The molecule has 0 amide bonds. The Bertz CT molecular complexity index is 172. The molecule has 68 valence electrons. The van der Waals surface area contributed by atoms with E-state index >= 15 is 0 Å². The second kappa shape index (κ2) is 4.41. The molecule has 1 fully saturated rings. The second-order valence-corrected chi connectivity index (χ2v) is 3.19. The molecule has 1 saturated heterocycles. The minimum absolute atomic E-state index is 0.379. The van der Waals surface area contributed by atoms with Crippen LogP contribution in [0.4, 0.5) is 0 Å². The Kier molecular flexibility index (Phi) is 3.48. The van der Waals surface area contributed by atoms with Gasteiger partial charge in [-0.1, -0.05) is 0 Å². The highest BCUT2D eigenvalue weighted by Gasteiger charge is 2.21. The summed E-state index contributed by atoms with van der Waals surface area (Å²) < 4.78 is 5.23. The van der Waals surface area contributed by atoms with Crippen molar-refractivity contribution >= 4 is 0 Å². The van der Waals surface area contributed by atoms with E-state index in [1.54, 1.807) is 0 Å². The van der Waals surface area contributed by atoms with Crippen LogP contribution >= 0.6 is 0 Å². The summed E-state index contributed by atoms with van der Waals surface area (Å²) in [4.78, 5) is 2.10. The van der Waals surface area contributed by atoms with E-state index in [0.29, 0.717) is 12.6 Å². The van der Waals surface area contributed by atoms with Gasteiger partial charge < -0.3 is 10.5 Å². The van der Waals surface area contributed by atoms with Gasteiger partial charge in [0.2, 0.25) is 0 Å². The number of likely N-dealkylation sites (N-methyl/N-ethyl adjacent to an activating group) is 1. The van der Waals surface area contributed by atoms with Crippen molar-refractivity contribution in [3.05, 3.63) is 0 Å². The maximum atomic E-state index is 8.49. The SMILES string of the molecule is CN(CC(N)C#N)C1CCOC1. The smallest absolute Gasteiger partial charge is 0.106 e. The van der Waals surface area contributed by atoms with Gasteiger partial charge in [0.05, 0.1) is 12.7 Å². The minimum atomic E-state index is -0.379. The number of ether oxygens (including phenoxy) is 1. The molecule has 0 aromatic carbocycles. The summed E-state index contributed by atoms with van der Waals surface area (Å²) in [5, 5.41) is 8.49. The molecule has 1 aliphatic heterocycles. The standard InChI is InChI=1S/C8H15N3O/c1-11(5-7(10)4-9)8-2-3-12-6-8/h7-8H,2-3,5-6,10H2,1H3. The van der Waals surface area contributed by atoms with E-state index in [2.05, 4.69) is 4.90 Å². The molecule has 2 N–H and O–H groups in total. The van der Waals surface area contributed by atoms with E-state index in [-0.39, 0.29) is 6.04 Å². The van der Waals surface area contributed by atoms with Crippen molar-refractivity contribution in [2.24, 2.45) is 5.73 Å². The summed E-state index contributed by atoms with van der Waals surface area (Å²) in [6.45, 7) is 2.23. The average Bonchev–Trinajstić information content (AvgIpc) is 2.56. The van der Waals surface area contributed by atoms with Gasteiger partial charge in [0, 0.05) is 19.2 Å². The van der Waals surface area contributed by atoms with Crippen molar-refractivity contribution in [1.82, 2.24) is 4.90 Å². The predicted octanol–water partition coefficient (Wildman–Crippen LogP) is -0.442. The molecular weight excluding hydrogens is 154 g/mol. The molecule has 2 unspecified atom stereocenters. The molecule has 4 heteroatoms. The fourth-order valence-corrected chi connectivity index (χ4v) is 1.37. The first kappa shape index (κ1) is 9.46. The molecule has 12 heavy (non-hydrogen) atoms. The van der Waals surface area contributed by atoms with Gasteiger partial charge in [-0.3, -0.25) is 4.90 Å². The predicted molar refractivity (Wildman–Crippen MR) is 45.4 cm³/mol. The fraction of sp³-hybridized carbons (Fsp3) is 0.875. The third kappa shape index (κ3) is 2.45. The van der Waals surface area contributed by atoms with E-state index in [0.717, 1.165) is 19.6 Å². The van der Waals surface area contributed by atoms with Gasteiger partial charge in [0.25, 0.3) is 0 Å². The summed E-state index contributed by atoms with van der Waals surface area (Å²) >= 11 is 0. The van der Waals surface area contributed by atoms with Crippen LogP contribution in [0.3, 0.4) is 0 Å². The lowest BCUT2D eigenvalue weighted by molar-refractivity contribution is 0.158. The zero-order chi connectivity index (χ0) is 8.97. The van der Waals surface area contributed by atoms with Gasteiger partial charge in [-0.25, -0.2) is 0 Å². The normalized spacial score (nSPS) is 25.7. The molecule has 0 aromatic rings. The van der Waals surface area contributed by atoms with E-state index in [1.807, 2.05) is 13.1 Å². The largest absolute Gasteiger partial charge is 0.380 e. The number of nitrogens with zero attached hydrogens (tertiary/aromatic N) is 2. The summed E-state index contributed by atoms with van der Waals surface area (Å²) in [7, 11) is 1.98. The third-order valence-corrected chi connectivity index (χ3v) is 2.18. The number of rotatable bonds is 3. The Labute approximate surface area is 72.9 Å². The Balaban J connectivity index is 2.27. The van der Waals surface area contributed by atoms with Crippen LogP contribution in [-0.4, -0.2) is 43.8 Å². The first-order valence-corrected chi connectivity index (χ1v) is 4.17. The molecule has 2 atom stereocenters. The van der Waals surface area contributed by atoms with E-state index < -0.39 is 0 Å².